The maximum atomic E-state index is 13.2. The lowest BCUT2D eigenvalue weighted by molar-refractivity contribution is -0.356. The van der Waals surface area contributed by atoms with Crippen LogP contribution in [0.3, 0.4) is 0 Å². The fourth-order valence-electron chi connectivity index (χ4n) is 4.38. The summed E-state index contributed by atoms with van der Waals surface area (Å²) in [4.78, 5) is 0. The molecule has 0 rings (SSSR count). The molecule has 0 heterocycles. The molecule has 1 nitrogen and oxygen atoms in total. The summed E-state index contributed by atoms with van der Waals surface area (Å²) < 4.78 is 177. The second-order valence-electron chi connectivity index (χ2n) is 10.6. The van der Waals surface area contributed by atoms with E-state index in [9.17, 15) is 66.6 Å². The Balaban J connectivity index is 3.84. The summed E-state index contributed by atoms with van der Waals surface area (Å²) in [6.45, 7) is -0.0342. The van der Waals surface area contributed by atoms with Crippen molar-refractivity contribution < 1.29 is 66.6 Å². The number of rotatable bonds is 23. The van der Waals surface area contributed by atoms with Gasteiger partial charge in [-0.3, -0.25) is 0 Å². The average molecular weight is 635 g/mol. The summed E-state index contributed by atoms with van der Waals surface area (Å²) in [5, 5.41) is 9.50. The van der Waals surface area contributed by atoms with Crippen molar-refractivity contribution in [2.75, 3.05) is 6.61 Å². The number of aliphatic hydroxyl groups excluding tert-OH is 1. The molecule has 248 valence electrons. The largest absolute Gasteiger partial charge is 0.459 e. The number of hydrogen-bond acceptors (Lipinski definition) is 1. The summed E-state index contributed by atoms with van der Waals surface area (Å²) in [6, 6.07) is 0. The van der Waals surface area contributed by atoms with E-state index in [0.717, 1.165) is 38.5 Å². The molecule has 0 aliphatic heterocycles. The molecule has 0 saturated carbocycles. The normalized spacial score (nSPS) is 14.3. The molecule has 0 amide bonds. The Hall–Kier alpha value is -1.02. The van der Waals surface area contributed by atoms with E-state index in [1.165, 1.54) is 0 Å². The minimum Gasteiger partial charge on any atom is -0.396 e. The fraction of sp³-hybridized carbons (Fsp3) is 1.00. The van der Waals surface area contributed by atoms with Gasteiger partial charge in [0.15, 0.2) is 0 Å². The van der Waals surface area contributed by atoms with Crippen LogP contribution in [0.5, 0.6) is 0 Å². The number of alkyl halides is 14. The first-order chi connectivity index (χ1) is 18.6. The SMILES string of the molecule is OCC(CCCCCCCCCC(F)(F)C(F)(F)C(F)(F)F)CCCCCCCCCC(F)(F)C(F)(F)C(F)(F)F. The number of aliphatic hydroxyl groups is 1. The summed E-state index contributed by atoms with van der Waals surface area (Å²) in [6.07, 6.45) is -8.42. The molecule has 0 fully saturated rings. The quantitative estimate of drug-likeness (QED) is 0.0876. The van der Waals surface area contributed by atoms with Gasteiger partial charge < -0.3 is 5.11 Å². The van der Waals surface area contributed by atoms with Crippen LogP contribution >= 0.6 is 0 Å². The first kappa shape index (κ1) is 40.0. The van der Waals surface area contributed by atoms with Crippen LogP contribution in [0.15, 0.2) is 0 Å². The van der Waals surface area contributed by atoms with Crippen molar-refractivity contribution in [3.8, 4) is 0 Å². The Kier molecular flexibility index (Phi) is 16.9. The maximum absolute atomic E-state index is 13.2. The van der Waals surface area contributed by atoms with E-state index in [1.54, 1.807) is 0 Å². The van der Waals surface area contributed by atoms with Crippen LogP contribution in [-0.2, 0) is 0 Å². The number of unbranched alkanes of at least 4 members (excludes halogenated alkanes) is 12. The van der Waals surface area contributed by atoms with Crippen LogP contribution in [0.2, 0.25) is 0 Å². The van der Waals surface area contributed by atoms with E-state index in [4.69, 9.17) is 0 Å². The monoisotopic (exact) mass is 634 g/mol. The Morgan fingerprint density at radius 2 is 0.610 bits per heavy atom. The van der Waals surface area contributed by atoms with Crippen LogP contribution in [0, 0.1) is 5.92 Å². The van der Waals surface area contributed by atoms with Gasteiger partial charge >= 0.3 is 36.0 Å². The standard InChI is InChI=1S/C26H40F14O/c27-21(28,23(31,32)25(35,36)37)17-13-9-5-1-3-7-11-15-20(19-41)16-12-8-4-2-6-10-14-18-22(29,30)24(33,34)26(38,39)40/h20,41H,1-19H2. The van der Waals surface area contributed by atoms with E-state index in [0.29, 0.717) is 38.5 Å². The Labute approximate surface area is 231 Å². The van der Waals surface area contributed by atoms with E-state index < -0.39 is 61.7 Å². The lowest BCUT2D eigenvalue weighted by Crippen LogP contribution is -2.51. The van der Waals surface area contributed by atoms with Gasteiger partial charge in [0.05, 0.1) is 0 Å². The van der Waals surface area contributed by atoms with Crippen molar-refractivity contribution in [1.29, 1.82) is 0 Å². The summed E-state index contributed by atoms with van der Waals surface area (Å²) in [7, 11) is 0. The third-order valence-corrected chi connectivity index (χ3v) is 7.10. The van der Waals surface area contributed by atoms with Crippen molar-refractivity contribution in [1.82, 2.24) is 0 Å². The predicted molar refractivity (Wildman–Crippen MR) is 126 cm³/mol. The third kappa shape index (κ3) is 13.4. The zero-order valence-electron chi connectivity index (χ0n) is 22.8. The Morgan fingerprint density at radius 1 is 0.366 bits per heavy atom. The maximum Gasteiger partial charge on any atom is 0.459 e. The molecule has 0 aromatic carbocycles. The van der Waals surface area contributed by atoms with Gasteiger partial charge in [-0.15, -0.1) is 0 Å². The fourth-order valence-corrected chi connectivity index (χ4v) is 4.38. The predicted octanol–water partition coefficient (Wildman–Crippen LogP) is 11.3. The number of halogens is 14. The minimum absolute atomic E-state index is 0.0342. The molecule has 0 atom stereocenters. The van der Waals surface area contributed by atoms with Crippen LogP contribution in [0.4, 0.5) is 61.5 Å². The lowest BCUT2D eigenvalue weighted by atomic mass is 9.94. The molecular formula is C26H40F14O. The second-order valence-corrected chi connectivity index (χ2v) is 10.6. The van der Waals surface area contributed by atoms with Crippen LogP contribution in [0.25, 0.3) is 0 Å². The zero-order chi connectivity index (χ0) is 32.0. The summed E-state index contributed by atoms with van der Waals surface area (Å²) in [5.74, 6) is -22.4. The van der Waals surface area contributed by atoms with Gasteiger partial charge in [-0.05, 0) is 31.6 Å². The van der Waals surface area contributed by atoms with Crippen molar-refractivity contribution in [3.63, 3.8) is 0 Å². The highest BCUT2D eigenvalue weighted by Gasteiger charge is 2.73. The highest BCUT2D eigenvalue weighted by Crippen LogP contribution is 2.49. The molecule has 0 saturated heterocycles. The van der Waals surface area contributed by atoms with Crippen molar-refractivity contribution in [2.45, 2.75) is 152 Å². The molecule has 1 N–H and O–H groups in total. The van der Waals surface area contributed by atoms with Crippen LogP contribution < -0.4 is 0 Å². The molecule has 0 aliphatic carbocycles. The van der Waals surface area contributed by atoms with Gasteiger partial charge in [-0.2, -0.15) is 61.5 Å². The van der Waals surface area contributed by atoms with Gasteiger partial charge in [0.25, 0.3) is 0 Å². The molecule has 0 unspecified atom stereocenters. The molecule has 15 heteroatoms. The van der Waals surface area contributed by atoms with Crippen molar-refractivity contribution >= 4 is 0 Å². The van der Waals surface area contributed by atoms with E-state index >= 15 is 0 Å². The second kappa shape index (κ2) is 17.3. The summed E-state index contributed by atoms with van der Waals surface area (Å²) >= 11 is 0. The lowest BCUT2D eigenvalue weighted by Gasteiger charge is -2.28. The minimum atomic E-state index is -6.31. The summed E-state index contributed by atoms with van der Waals surface area (Å²) in [5.41, 5.74) is 0. The Morgan fingerprint density at radius 3 is 0.854 bits per heavy atom. The molecular weight excluding hydrogens is 594 g/mol. The Bertz CT molecular complexity index is 633. The zero-order valence-corrected chi connectivity index (χ0v) is 22.8. The highest BCUT2D eigenvalue weighted by molar-refractivity contribution is 4.91. The van der Waals surface area contributed by atoms with Crippen molar-refractivity contribution in [3.05, 3.63) is 0 Å². The van der Waals surface area contributed by atoms with Crippen molar-refractivity contribution in [2.24, 2.45) is 5.92 Å². The highest BCUT2D eigenvalue weighted by atomic mass is 19.4. The molecule has 0 spiro atoms. The van der Waals surface area contributed by atoms with Gasteiger partial charge in [0.1, 0.15) is 0 Å². The number of hydrogen-bond donors (Lipinski definition) is 1. The molecule has 0 aliphatic rings. The molecule has 0 radical (unpaired) electrons. The van der Waals surface area contributed by atoms with E-state index in [-0.39, 0.29) is 25.4 Å². The van der Waals surface area contributed by atoms with E-state index in [1.807, 2.05) is 0 Å². The smallest absolute Gasteiger partial charge is 0.396 e. The van der Waals surface area contributed by atoms with E-state index in [2.05, 4.69) is 0 Å². The molecule has 41 heavy (non-hydrogen) atoms. The van der Waals surface area contributed by atoms with Gasteiger partial charge in [0.2, 0.25) is 0 Å². The van der Waals surface area contributed by atoms with Gasteiger partial charge in [-0.1, -0.05) is 77.0 Å². The molecule has 0 bridgehead atoms. The molecule has 0 aromatic heterocycles. The third-order valence-electron chi connectivity index (χ3n) is 7.10. The van der Waals surface area contributed by atoms with Crippen LogP contribution in [-0.4, -0.2) is 47.8 Å². The topological polar surface area (TPSA) is 20.2 Å². The molecule has 0 aromatic rings. The van der Waals surface area contributed by atoms with Gasteiger partial charge in [0, 0.05) is 19.4 Å². The average Bonchev–Trinajstić information content (AvgIpc) is 2.83. The first-order valence-corrected chi connectivity index (χ1v) is 13.9. The van der Waals surface area contributed by atoms with Gasteiger partial charge in [-0.25, -0.2) is 0 Å². The first-order valence-electron chi connectivity index (χ1n) is 13.9. The van der Waals surface area contributed by atoms with Crippen LogP contribution in [0.1, 0.15) is 116 Å².